The smallest absolute Gasteiger partial charge is 0.123 e. The van der Waals surface area contributed by atoms with Crippen LogP contribution < -0.4 is 10.2 Å². The molecule has 1 aromatic rings. The Morgan fingerprint density at radius 1 is 1.37 bits per heavy atom. The molecule has 1 fully saturated rings. The molecule has 0 radical (unpaired) electrons. The van der Waals surface area contributed by atoms with Crippen molar-refractivity contribution in [1.82, 2.24) is 10.2 Å². The summed E-state index contributed by atoms with van der Waals surface area (Å²) in [6, 6.07) is 5.67. The van der Waals surface area contributed by atoms with E-state index in [1.54, 1.807) is 12.1 Å². The summed E-state index contributed by atoms with van der Waals surface area (Å²) >= 11 is 0. The van der Waals surface area contributed by atoms with Crippen molar-refractivity contribution in [3.63, 3.8) is 0 Å². The average Bonchev–Trinajstić information content (AvgIpc) is 2.72. The number of anilines is 1. The lowest BCUT2D eigenvalue weighted by molar-refractivity contribution is 0.266. The lowest BCUT2D eigenvalue weighted by atomic mass is 10.1. The first-order valence-electron chi connectivity index (χ1n) is 6.87. The molecule has 1 aliphatic heterocycles. The molecule has 0 saturated carbocycles. The largest absolute Gasteiger partial charge is 0.369 e. The Kier molecular flexibility index (Phi) is 4.42. The fourth-order valence-corrected chi connectivity index (χ4v) is 3.01. The second kappa shape index (κ2) is 5.88. The van der Waals surface area contributed by atoms with Gasteiger partial charge >= 0.3 is 0 Å². The highest BCUT2D eigenvalue weighted by Crippen LogP contribution is 2.29. The minimum absolute atomic E-state index is 0.162. The first-order chi connectivity index (χ1) is 9.02. The van der Waals surface area contributed by atoms with Crippen LogP contribution >= 0.6 is 0 Å². The lowest BCUT2D eigenvalue weighted by Crippen LogP contribution is -2.34. The molecule has 2 unspecified atom stereocenters. The van der Waals surface area contributed by atoms with Gasteiger partial charge in [0.1, 0.15) is 5.82 Å². The van der Waals surface area contributed by atoms with Crippen molar-refractivity contribution in [2.24, 2.45) is 5.92 Å². The zero-order valence-corrected chi connectivity index (χ0v) is 12.3. The minimum Gasteiger partial charge on any atom is -0.369 e. The van der Waals surface area contributed by atoms with Gasteiger partial charge in [0, 0.05) is 31.4 Å². The molecular formula is C15H24FN3. The molecule has 2 atom stereocenters. The summed E-state index contributed by atoms with van der Waals surface area (Å²) in [6.07, 6.45) is 0. The maximum absolute atomic E-state index is 13.4. The van der Waals surface area contributed by atoms with Gasteiger partial charge < -0.3 is 15.1 Å². The Bertz CT molecular complexity index is 433. The second-order valence-corrected chi connectivity index (χ2v) is 5.72. The molecule has 0 amide bonds. The molecule has 3 nitrogen and oxygen atoms in total. The van der Waals surface area contributed by atoms with Crippen molar-refractivity contribution in [2.45, 2.75) is 19.5 Å². The van der Waals surface area contributed by atoms with Crippen LogP contribution in [0.25, 0.3) is 0 Å². The highest BCUT2D eigenvalue weighted by molar-refractivity contribution is 5.55. The molecule has 0 aliphatic carbocycles. The monoisotopic (exact) mass is 265 g/mol. The third-order valence-electron chi connectivity index (χ3n) is 3.99. The van der Waals surface area contributed by atoms with Crippen molar-refractivity contribution in [1.29, 1.82) is 0 Å². The molecule has 2 rings (SSSR count). The van der Waals surface area contributed by atoms with E-state index in [0.29, 0.717) is 18.5 Å². The molecule has 0 bridgehead atoms. The highest BCUT2D eigenvalue weighted by atomic mass is 19.1. The van der Waals surface area contributed by atoms with E-state index in [2.05, 4.69) is 36.1 Å². The van der Waals surface area contributed by atoms with Crippen molar-refractivity contribution in [2.75, 3.05) is 39.1 Å². The SMILES string of the molecule is CNCc1cc(F)ccc1N1CC(C)C(N(C)C)C1. The molecule has 106 valence electrons. The zero-order valence-electron chi connectivity index (χ0n) is 12.3. The maximum Gasteiger partial charge on any atom is 0.123 e. The Hall–Kier alpha value is -1.13. The third kappa shape index (κ3) is 3.07. The minimum atomic E-state index is -0.162. The molecule has 4 heteroatoms. The van der Waals surface area contributed by atoms with Gasteiger partial charge in [-0.25, -0.2) is 4.39 Å². The van der Waals surface area contributed by atoms with Crippen LogP contribution in [0.15, 0.2) is 18.2 Å². The molecule has 1 saturated heterocycles. The van der Waals surface area contributed by atoms with E-state index in [-0.39, 0.29) is 5.82 Å². The van der Waals surface area contributed by atoms with E-state index in [4.69, 9.17) is 0 Å². The molecular weight excluding hydrogens is 241 g/mol. The van der Waals surface area contributed by atoms with E-state index >= 15 is 0 Å². The average molecular weight is 265 g/mol. The fraction of sp³-hybridized carbons (Fsp3) is 0.600. The van der Waals surface area contributed by atoms with Gasteiger partial charge in [-0.05, 0) is 50.8 Å². The predicted molar refractivity (Wildman–Crippen MR) is 78.0 cm³/mol. The van der Waals surface area contributed by atoms with Crippen LogP contribution in [0.1, 0.15) is 12.5 Å². The Morgan fingerprint density at radius 2 is 2.11 bits per heavy atom. The summed E-state index contributed by atoms with van der Waals surface area (Å²) in [5, 5.41) is 3.12. The number of halogens is 1. The second-order valence-electron chi connectivity index (χ2n) is 5.72. The van der Waals surface area contributed by atoms with Crippen LogP contribution in [-0.2, 0) is 6.54 Å². The summed E-state index contributed by atoms with van der Waals surface area (Å²) in [4.78, 5) is 4.66. The summed E-state index contributed by atoms with van der Waals surface area (Å²) in [5.74, 6) is 0.466. The number of nitrogens with one attached hydrogen (secondary N) is 1. The van der Waals surface area contributed by atoms with Gasteiger partial charge in [-0.3, -0.25) is 0 Å². The Balaban J connectivity index is 2.23. The van der Waals surface area contributed by atoms with Crippen LogP contribution in [0.4, 0.5) is 10.1 Å². The molecule has 1 heterocycles. The predicted octanol–water partition coefficient (Wildman–Crippen LogP) is 1.93. The van der Waals surface area contributed by atoms with Gasteiger partial charge in [0.2, 0.25) is 0 Å². The molecule has 19 heavy (non-hydrogen) atoms. The van der Waals surface area contributed by atoms with Gasteiger partial charge in [0.15, 0.2) is 0 Å². The molecule has 0 aromatic heterocycles. The summed E-state index contributed by atoms with van der Waals surface area (Å²) < 4.78 is 13.4. The number of hydrogen-bond acceptors (Lipinski definition) is 3. The van der Waals surface area contributed by atoms with E-state index in [1.807, 2.05) is 13.1 Å². The van der Waals surface area contributed by atoms with E-state index in [0.717, 1.165) is 24.3 Å². The van der Waals surface area contributed by atoms with Crippen LogP contribution in [0.3, 0.4) is 0 Å². The highest BCUT2D eigenvalue weighted by Gasteiger charge is 2.31. The lowest BCUT2D eigenvalue weighted by Gasteiger charge is -2.24. The topological polar surface area (TPSA) is 18.5 Å². The molecule has 1 aromatic carbocycles. The van der Waals surface area contributed by atoms with Crippen LogP contribution in [0.5, 0.6) is 0 Å². The van der Waals surface area contributed by atoms with Crippen molar-refractivity contribution < 1.29 is 4.39 Å². The first kappa shape index (κ1) is 14.3. The van der Waals surface area contributed by atoms with Crippen molar-refractivity contribution in [3.8, 4) is 0 Å². The number of hydrogen-bond donors (Lipinski definition) is 1. The van der Waals surface area contributed by atoms with E-state index in [1.165, 1.54) is 0 Å². The zero-order chi connectivity index (χ0) is 14.0. The molecule has 1 N–H and O–H groups in total. The van der Waals surface area contributed by atoms with Gasteiger partial charge in [-0.15, -0.1) is 0 Å². The van der Waals surface area contributed by atoms with Gasteiger partial charge in [0.25, 0.3) is 0 Å². The number of likely N-dealkylation sites (N-methyl/N-ethyl adjacent to an activating group) is 1. The number of benzene rings is 1. The maximum atomic E-state index is 13.4. The number of rotatable bonds is 4. The van der Waals surface area contributed by atoms with Crippen molar-refractivity contribution >= 4 is 5.69 Å². The first-order valence-corrected chi connectivity index (χ1v) is 6.87. The van der Waals surface area contributed by atoms with Gasteiger partial charge in [-0.1, -0.05) is 6.92 Å². The fourth-order valence-electron chi connectivity index (χ4n) is 3.01. The van der Waals surface area contributed by atoms with Crippen molar-refractivity contribution in [3.05, 3.63) is 29.6 Å². The van der Waals surface area contributed by atoms with E-state index < -0.39 is 0 Å². The number of nitrogens with zero attached hydrogens (tertiary/aromatic N) is 2. The summed E-state index contributed by atoms with van der Waals surface area (Å²) in [7, 11) is 6.15. The third-order valence-corrected chi connectivity index (χ3v) is 3.99. The summed E-state index contributed by atoms with van der Waals surface area (Å²) in [5.41, 5.74) is 2.20. The normalized spacial score (nSPS) is 23.4. The van der Waals surface area contributed by atoms with Gasteiger partial charge in [-0.2, -0.15) is 0 Å². The Labute approximate surface area is 115 Å². The van der Waals surface area contributed by atoms with Crippen LogP contribution in [0, 0.1) is 11.7 Å². The van der Waals surface area contributed by atoms with Crippen LogP contribution in [-0.4, -0.2) is 45.2 Å². The summed E-state index contributed by atoms with van der Waals surface area (Å²) in [6.45, 7) is 5.03. The quantitative estimate of drug-likeness (QED) is 0.897. The van der Waals surface area contributed by atoms with E-state index in [9.17, 15) is 4.39 Å². The standard InChI is InChI=1S/C15H24FN3/c1-11-9-19(10-15(11)18(3)4)14-6-5-13(16)7-12(14)8-17-2/h5-7,11,15,17H,8-10H2,1-4H3. The molecule has 1 aliphatic rings. The molecule has 0 spiro atoms. The van der Waals surface area contributed by atoms with Gasteiger partial charge in [0.05, 0.1) is 0 Å². The van der Waals surface area contributed by atoms with Crippen LogP contribution in [0.2, 0.25) is 0 Å². The Morgan fingerprint density at radius 3 is 2.68 bits per heavy atom.